The summed E-state index contributed by atoms with van der Waals surface area (Å²) >= 11 is 0. The summed E-state index contributed by atoms with van der Waals surface area (Å²) in [6.45, 7) is 14.6. The molecule has 0 aliphatic heterocycles. The lowest BCUT2D eigenvalue weighted by Crippen LogP contribution is -2.69. The molecule has 81 heavy (non-hydrogen) atoms. The molecule has 17 atom stereocenters. The summed E-state index contributed by atoms with van der Waals surface area (Å²) in [7, 11) is 0. The molecule has 20 nitrogen and oxygen atoms in total. The first-order valence-electron chi connectivity index (χ1n) is 29.0. The Hall–Kier alpha value is -5.32. The largest absolute Gasteiger partial charge is 0.393 e. The number of alkyl halides is 1. The predicted molar refractivity (Wildman–Crippen MR) is 297 cm³/mol. The van der Waals surface area contributed by atoms with Crippen LogP contribution in [0.15, 0.2) is 57.8 Å². The van der Waals surface area contributed by atoms with Gasteiger partial charge >= 0.3 is 0 Å². The van der Waals surface area contributed by atoms with Crippen molar-refractivity contribution in [1.29, 1.82) is 0 Å². The minimum Gasteiger partial charge on any atom is -0.393 e. The van der Waals surface area contributed by atoms with Gasteiger partial charge in [0.05, 0.1) is 48.7 Å². The van der Waals surface area contributed by atoms with Crippen molar-refractivity contribution < 1.29 is 68.2 Å². The number of hydrogen-bond donors (Lipinski definition) is 10. The van der Waals surface area contributed by atoms with Crippen molar-refractivity contribution in [2.75, 3.05) is 32.9 Å². The molecular formula is C60H86FN7O13. The zero-order chi connectivity index (χ0) is 59.4. The van der Waals surface area contributed by atoms with Gasteiger partial charge in [0.2, 0.25) is 17.7 Å². The number of aliphatic hydroxyl groups is 5. The molecule has 21 heteroatoms. The Kier molecular flexibility index (Phi) is 17.6. The Morgan fingerprint density at radius 1 is 0.802 bits per heavy atom. The maximum absolute atomic E-state index is 17.8. The minimum absolute atomic E-state index is 0.0907. The third-order valence-electron chi connectivity index (χ3n) is 21.1. The van der Waals surface area contributed by atoms with Crippen molar-refractivity contribution in [2.24, 2.45) is 79.2 Å². The molecule has 0 spiro atoms. The summed E-state index contributed by atoms with van der Waals surface area (Å²) in [5.74, 6) is -5.74. The van der Waals surface area contributed by atoms with Crippen molar-refractivity contribution in [2.45, 2.75) is 168 Å². The Morgan fingerprint density at radius 2 is 1.43 bits per heavy atom. The third-order valence-corrected chi connectivity index (χ3v) is 21.1. The Balaban J connectivity index is 0.834. The highest BCUT2D eigenvalue weighted by atomic mass is 19.1. The maximum Gasteiger partial charge on any atom is 0.259 e. The van der Waals surface area contributed by atoms with Gasteiger partial charge in [0.25, 0.3) is 11.8 Å². The van der Waals surface area contributed by atoms with E-state index in [-0.39, 0.29) is 61.1 Å². The van der Waals surface area contributed by atoms with Crippen molar-refractivity contribution in [1.82, 2.24) is 26.8 Å². The number of carbonyl (C=O) groups is 7. The normalized spacial score (nSPS) is 39.5. The van der Waals surface area contributed by atoms with Gasteiger partial charge in [-0.05, 0) is 145 Å². The van der Waals surface area contributed by atoms with Gasteiger partial charge in [-0.1, -0.05) is 57.9 Å². The standard InChI is InChI=1S/C60H86FN7O13/c1-10-81-54(4,5)27-48(76)64-42(53(79)63-29-50(78)68-65-36-17-19-55(6)34(23-36)11-13-38-40-21-32(2)51(44(72)30-69)56(40,7)25-43(71)52(38)55)15-16-47(75)62-28-49(77)67-66-37-18-20-57(8)35(24-37)12-14-39-41-22-33(3)60(80,46(74)31-70)58(41,9)26-45(73)59(39,57)61/h17-20,23-24,32-33,38-43,45,51-52,69-71,73,80H,10-16,21-22,25-31H2,1-9H3,(H,62,75)(H,63,79)(H,64,76)(H,67,77)(H,68,78)/b65-36+,66-37+/t32-,33-,38+,39?,40?,41+,42+,43+,45+,51-,52?,55+,56+,57+,58+,59+,60+/m1/s1. The van der Waals surface area contributed by atoms with E-state index in [1.165, 1.54) is 0 Å². The van der Waals surface area contributed by atoms with Crippen LogP contribution in [0.25, 0.3) is 0 Å². The van der Waals surface area contributed by atoms with Crippen molar-refractivity contribution in [3.05, 3.63) is 47.6 Å². The average molecular weight is 1130 g/mol. The first-order chi connectivity index (χ1) is 38.0. The van der Waals surface area contributed by atoms with E-state index >= 15 is 4.39 Å². The molecule has 446 valence electrons. The molecule has 0 aromatic rings. The number of carbonyl (C=O) groups excluding carboxylic acids is 7. The number of nitrogens with zero attached hydrogens (tertiary/aromatic N) is 2. The van der Waals surface area contributed by atoms with Crippen LogP contribution in [0.4, 0.5) is 4.39 Å². The highest BCUT2D eigenvalue weighted by Crippen LogP contribution is 2.71. The number of nitrogens with one attached hydrogen (secondary N) is 5. The van der Waals surface area contributed by atoms with Crippen molar-refractivity contribution in [3.8, 4) is 0 Å². The molecule has 0 radical (unpaired) electrons. The number of halogens is 1. The molecule has 8 aliphatic rings. The van der Waals surface area contributed by atoms with Crippen LogP contribution in [0.2, 0.25) is 0 Å². The molecule has 0 aromatic carbocycles. The van der Waals surface area contributed by atoms with Gasteiger partial charge in [0.15, 0.2) is 17.2 Å². The van der Waals surface area contributed by atoms with E-state index in [0.717, 1.165) is 24.8 Å². The molecule has 0 saturated heterocycles. The fourth-order valence-corrected chi connectivity index (χ4v) is 17.4. The zero-order valence-corrected chi connectivity index (χ0v) is 48.4. The number of Topliss-reactive ketones (excluding diaryl/α,β-unsaturated/α-hetero) is 2. The molecule has 0 aromatic heterocycles. The fraction of sp³-hybridized carbons (Fsp3) is 0.717. The van der Waals surface area contributed by atoms with Crippen LogP contribution >= 0.6 is 0 Å². The van der Waals surface area contributed by atoms with E-state index in [9.17, 15) is 59.1 Å². The van der Waals surface area contributed by atoms with Crippen LogP contribution in [0, 0.1) is 69.0 Å². The lowest BCUT2D eigenvalue weighted by molar-refractivity contribution is -0.219. The van der Waals surface area contributed by atoms with E-state index in [0.29, 0.717) is 49.3 Å². The molecule has 8 rings (SSSR count). The summed E-state index contributed by atoms with van der Waals surface area (Å²) < 4.78 is 23.5. The van der Waals surface area contributed by atoms with E-state index < -0.39 is 136 Å². The van der Waals surface area contributed by atoms with Gasteiger partial charge in [0, 0.05) is 47.0 Å². The molecule has 0 bridgehead atoms. The smallest absolute Gasteiger partial charge is 0.259 e. The number of amides is 5. The molecule has 8 aliphatic carbocycles. The summed E-state index contributed by atoms with van der Waals surface area (Å²) in [4.78, 5) is 92.0. The van der Waals surface area contributed by atoms with Gasteiger partial charge in [0.1, 0.15) is 24.9 Å². The van der Waals surface area contributed by atoms with E-state index in [1.807, 2.05) is 12.2 Å². The van der Waals surface area contributed by atoms with Crippen LogP contribution in [-0.2, 0) is 38.3 Å². The first-order valence-corrected chi connectivity index (χ1v) is 29.0. The molecular weight excluding hydrogens is 1050 g/mol. The molecule has 6 saturated carbocycles. The fourth-order valence-electron chi connectivity index (χ4n) is 17.4. The number of allylic oxidation sites excluding steroid dienone is 8. The number of ether oxygens (including phenoxy) is 1. The van der Waals surface area contributed by atoms with Gasteiger partial charge in [-0.2, -0.15) is 10.2 Å². The molecule has 10 N–H and O–H groups in total. The van der Waals surface area contributed by atoms with Crippen LogP contribution in [0.1, 0.15) is 133 Å². The van der Waals surface area contributed by atoms with Gasteiger partial charge < -0.3 is 46.2 Å². The Bertz CT molecular complexity index is 2740. The second-order valence-electron chi connectivity index (χ2n) is 26.2. The monoisotopic (exact) mass is 1130 g/mol. The predicted octanol–water partition coefficient (Wildman–Crippen LogP) is 3.11. The molecule has 3 unspecified atom stereocenters. The van der Waals surface area contributed by atoms with Crippen LogP contribution < -0.4 is 26.8 Å². The lowest BCUT2D eigenvalue weighted by atomic mass is 9.44. The number of fused-ring (bicyclic) bond motifs is 10. The number of hydrazone groups is 2. The van der Waals surface area contributed by atoms with Crippen LogP contribution in [-0.4, -0.2) is 146 Å². The minimum atomic E-state index is -2.16. The molecule has 6 fully saturated rings. The molecule has 5 amide bonds. The van der Waals surface area contributed by atoms with Crippen LogP contribution in [0.3, 0.4) is 0 Å². The van der Waals surface area contributed by atoms with Gasteiger partial charge in [-0.25, -0.2) is 15.2 Å². The summed E-state index contributed by atoms with van der Waals surface area (Å²) in [6, 6.07) is -1.27. The number of ketones is 2. The quantitative estimate of drug-likeness (QED) is 0.0833. The topological polar surface area (TPSA) is 315 Å². The lowest BCUT2D eigenvalue weighted by Gasteiger charge is -2.62. The number of aliphatic hydroxyl groups excluding tert-OH is 4. The van der Waals surface area contributed by atoms with E-state index in [4.69, 9.17) is 4.74 Å². The highest BCUT2D eigenvalue weighted by molar-refractivity contribution is 6.07. The second kappa shape index (κ2) is 23.0. The zero-order valence-electron chi connectivity index (χ0n) is 48.4. The third kappa shape index (κ3) is 10.8. The highest BCUT2D eigenvalue weighted by Gasteiger charge is 2.75. The first kappa shape index (κ1) is 61.7. The summed E-state index contributed by atoms with van der Waals surface area (Å²) in [5.41, 5.74) is -0.889. The van der Waals surface area contributed by atoms with E-state index in [1.54, 1.807) is 65.8 Å². The summed E-state index contributed by atoms with van der Waals surface area (Å²) in [5, 5.41) is 71.0. The Labute approximate surface area is 473 Å². The SMILES string of the molecule is CCOC(C)(C)CC(=O)N[C@@H](CCC(=O)NCC(=O)N/N=C1\C=C[C@@]2(C)C(=C1)CCC1[C@@H]3C[C@@H](C)[C@](O)(C(=O)CO)[C@@]3(C)C[C@H](O)[C@@]12F)C(=O)NCC(=O)N/N=C1\C=C[C@@]2(C)C(=C1)CC[C@@H]1C2[C@@H](O)C[C@@]2(C)C1C[C@@H](C)[C@@H]2C(=O)CO. The van der Waals surface area contributed by atoms with E-state index in [2.05, 4.69) is 57.8 Å². The van der Waals surface area contributed by atoms with Crippen molar-refractivity contribution >= 4 is 52.5 Å². The summed E-state index contributed by atoms with van der Waals surface area (Å²) in [6.07, 6.45) is 11.5. The van der Waals surface area contributed by atoms with Gasteiger partial charge in [-0.15, -0.1) is 0 Å². The Morgan fingerprint density at radius 3 is 2.07 bits per heavy atom. The van der Waals surface area contributed by atoms with Crippen molar-refractivity contribution in [3.63, 3.8) is 0 Å². The average Bonchev–Trinajstić information content (AvgIpc) is 2.65. The maximum atomic E-state index is 17.8. The number of rotatable bonds is 19. The molecule has 0 heterocycles. The second-order valence-corrected chi connectivity index (χ2v) is 26.2. The number of hydrogen-bond acceptors (Lipinski definition) is 15. The van der Waals surface area contributed by atoms with Crippen LogP contribution in [0.5, 0.6) is 0 Å². The van der Waals surface area contributed by atoms with Gasteiger partial charge in [-0.3, -0.25) is 33.6 Å².